The smallest absolute Gasteiger partial charge is 0.308 e. The molecule has 0 fully saturated rings. The molecule has 0 aliphatic heterocycles. The quantitative estimate of drug-likeness (QED) is 0.465. The molecular formula is C20H20ClN3O3S2. The lowest BCUT2D eigenvalue weighted by molar-refractivity contribution is 0.383. The summed E-state index contributed by atoms with van der Waals surface area (Å²) in [5.74, 6) is 0. The van der Waals surface area contributed by atoms with E-state index in [2.05, 4.69) is 0 Å². The van der Waals surface area contributed by atoms with Gasteiger partial charge in [0.05, 0.1) is 11.0 Å². The normalized spacial score (nSPS) is 12.4. The average molecular weight is 450 g/mol. The molecule has 152 valence electrons. The molecule has 0 aliphatic rings. The highest BCUT2D eigenvalue weighted by Crippen LogP contribution is 2.36. The molecule has 0 spiro atoms. The molecule has 2 aromatic heterocycles. The minimum Gasteiger partial charge on any atom is -0.308 e. The first-order valence-corrected chi connectivity index (χ1v) is 11.6. The number of halogens is 1. The highest BCUT2D eigenvalue weighted by Gasteiger charge is 2.29. The Labute approximate surface area is 177 Å². The van der Waals surface area contributed by atoms with Gasteiger partial charge in [-0.15, -0.1) is 11.3 Å². The van der Waals surface area contributed by atoms with E-state index in [1.54, 1.807) is 49.4 Å². The highest BCUT2D eigenvalue weighted by atomic mass is 35.5. The monoisotopic (exact) mass is 449 g/mol. The van der Waals surface area contributed by atoms with E-state index in [4.69, 9.17) is 11.6 Å². The molecule has 4 rings (SSSR count). The second kappa shape index (κ2) is 7.28. The van der Waals surface area contributed by atoms with Crippen molar-refractivity contribution in [2.45, 2.75) is 17.7 Å². The Morgan fingerprint density at radius 2 is 1.79 bits per heavy atom. The van der Waals surface area contributed by atoms with Gasteiger partial charge in [0.1, 0.15) is 4.21 Å². The van der Waals surface area contributed by atoms with Gasteiger partial charge in [0, 0.05) is 22.8 Å². The Balaban J connectivity index is 1.98. The first kappa shape index (κ1) is 20.2. The molecule has 0 unspecified atom stereocenters. The van der Waals surface area contributed by atoms with Crippen LogP contribution in [0.2, 0.25) is 5.02 Å². The van der Waals surface area contributed by atoms with Gasteiger partial charge in [0.2, 0.25) is 0 Å². The summed E-state index contributed by atoms with van der Waals surface area (Å²) < 4.78 is 30.6. The van der Waals surface area contributed by atoms with Crippen molar-refractivity contribution in [1.82, 2.24) is 13.4 Å². The second-order valence-corrected chi connectivity index (χ2v) is 10.6. The molecule has 0 saturated heterocycles. The van der Waals surface area contributed by atoms with Gasteiger partial charge in [0.15, 0.2) is 0 Å². The van der Waals surface area contributed by atoms with Crippen molar-refractivity contribution < 1.29 is 8.42 Å². The Kier molecular flexibility index (Phi) is 5.06. The van der Waals surface area contributed by atoms with Crippen molar-refractivity contribution >= 4 is 54.1 Å². The largest absolute Gasteiger partial charge is 0.343 e. The Bertz CT molecular complexity index is 1400. The fourth-order valence-electron chi connectivity index (χ4n) is 3.43. The molecule has 0 atom stereocenters. The van der Waals surface area contributed by atoms with Crippen LogP contribution in [0, 0.1) is 6.92 Å². The van der Waals surface area contributed by atoms with Gasteiger partial charge in [-0.25, -0.2) is 4.79 Å². The van der Waals surface area contributed by atoms with E-state index in [1.807, 2.05) is 19.0 Å². The van der Waals surface area contributed by atoms with E-state index in [9.17, 15) is 13.2 Å². The maximum atomic E-state index is 13.6. The maximum absolute atomic E-state index is 13.6. The van der Waals surface area contributed by atoms with Crippen molar-refractivity contribution in [3.63, 3.8) is 0 Å². The van der Waals surface area contributed by atoms with Crippen LogP contribution in [0.1, 0.15) is 5.56 Å². The summed E-state index contributed by atoms with van der Waals surface area (Å²) >= 11 is 7.25. The summed E-state index contributed by atoms with van der Waals surface area (Å²) in [4.78, 5) is 15.2. The van der Waals surface area contributed by atoms with E-state index >= 15 is 0 Å². The van der Waals surface area contributed by atoms with Crippen LogP contribution in [0.25, 0.3) is 21.1 Å². The van der Waals surface area contributed by atoms with E-state index in [0.29, 0.717) is 34.7 Å². The van der Waals surface area contributed by atoms with Gasteiger partial charge in [-0.2, -0.15) is 12.4 Å². The second-order valence-electron chi connectivity index (χ2n) is 7.15. The van der Waals surface area contributed by atoms with E-state index in [-0.39, 0.29) is 4.21 Å². The molecule has 0 radical (unpaired) electrons. The molecule has 29 heavy (non-hydrogen) atoms. The van der Waals surface area contributed by atoms with Crippen molar-refractivity contribution in [3.05, 3.63) is 63.5 Å². The third-order valence-electron chi connectivity index (χ3n) is 4.90. The number of thiophene rings is 1. The third-order valence-corrected chi connectivity index (χ3v) is 8.69. The predicted octanol–water partition coefficient (Wildman–Crippen LogP) is 3.78. The Morgan fingerprint density at radius 1 is 1.10 bits per heavy atom. The minimum absolute atomic E-state index is 0.160. The third kappa shape index (κ3) is 3.30. The number of fused-ring (bicyclic) bond motifs is 2. The average Bonchev–Trinajstić information content (AvgIpc) is 3.14. The van der Waals surface area contributed by atoms with Crippen molar-refractivity contribution in [1.29, 1.82) is 0 Å². The van der Waals surface area contributed by atoms with Crippen LogP contribution in [0.3, 0.4) is 0 Å². The Hall–Kier alpha value is -2.13. The summed E-state index contributed by atoms with van der Waals surface area (Å²) in [6.07, 6.45) is 0. The van der Waals surface area contributed by atoms with E-state index in [1.165, 1.54) is 4.57 Å². The molecule has 0 saturated carbocycles. The van der Waals surface area contributed by atoms with E-state index < -0.39 is 15.7 Å². The number of hydrogen-bond donors (Lipinski definition) is 0. The van der Waals surface area contributed by atoms with Crippen molar-refractivity contribution in [3.8, 4) is 0 Å². The lowest BCUT2D eigenvalue weighted by Gasteiger charge is -2.09. The van der Waals surface area contributed by atoms with Gasteiger partial charge < -0.3 is 4.90 Å². The molecule has 2 aromatic carbocycles. The van der Waals surface area contributed by atoms with E-state index in [0.717, 1.165) is 25.4 Å². The molecular weight excluding hydrogens is 430 g/mol. The van der Waals surface area contributed by atoms with Crippen LogP contribution >= 0.6 is 22.9 Å². The van der Waals surface area contributed by atoms with Gasteiger partial charge in [0.25, 0.3) is 10.0 Å². The standard InChI is InChI=1S/C20H20ClN3O3S2/c1-13-15-12-14(21)8-9-18(15)28-19(13)29(26,27)24-17-7-5-4-6-16(17)23(20(24)25)11-10-22(2)3/h4-9,12H,10-11H2,1-3H3. The first-order valence-electron chi connectivity index (χ1n) is 9.01. The number of imidazole rings is 1. The zero-order valence-electron chi connectivity index (χ0n) is 16.2. The summed E-state index contributed by atoms with van der Waals surface area (Å²) in [6, 6.07) is 12.3. The predicted molar refractivity (Wildman–Crippen MR) is 119 cm³/mol. The zero-order valence-corrected chi connectivity index (χ0v) is 18.6. The van der Waals surface area contributed by atoms with Crippen molar-refractivity contribution in [2.75, 3.05) is 20.6 Å². The zero-order chi connectivity index (χ0) is 20.9. The Morgan fingerprint density at radius 3 is 2.48 bits per heavy atom. The van der Waals surface area contributed by atoms with Crippen LogP contribution in [-0.4, -0.2) is 42.5 Å². The van der Waals surface area contributed by atoms with Gasteiger partial charge in [-0.3, -0.25) is 4.57 Å². The number of nitrogens with zero attached hydrogens (tertiary/aromatic N) is 3. The molecule has 0 bridgehead atoms. The number of para-hydroxylation sites is 2. The van der Waals surface area contributed by atoms with Crippen LogP contribution in [-0.2, 0) is 16.6 Å². The topological polar surface area (TPSA) is 64.3 Å². The van der Waals surface area contributed by atoms with Gasteiger partial charge in [-0.05, 0) is 62.3 Å². The molecule has 0 aliphatic carbocycles. The van der Waals surface area contributed by atoms with Gasteiger partial charge in [-0.1, -0.05) is 23.7 Å². The SMILES string of the molecule is Cc1c(S(=O)(=O)n2c(=O)n(CCN(C)C)c3ccccc32)sc2ccc(Cl)cc12. The molecule has 0 N–H and O–H groups in total. The van der Waals surface area contributed by atoms with Crippen LogP contribution in [0.15, 0.2) is 51.5 Å². The number of likely N-dealkylation sites (N-methyl/N-ethyl adjacent to an activating group) is 1. The summed E-state index contributed by atoms with van der Waals surface area (Å²) in [6.45, 7) is 2.77. The van der Waals surface area contributed by atoms with Crippen LogP contribution in [0.5, 0.6) is 0 Å². The molecule has 9 heteroatoms. The van der Waals surface area contributed by atoms with Gasteiger partial charge >= 0.3 is 5.69 Å². The van der Waals surface area contributed by atoms with Crippen LogP contribution in [0.4, 0.5) is 0 Å². The maximum Gasteiger partial charge on any atom is 0.343 e. The summed E-state index contributed by atoms with van der Waals surface area (Å²) in [5, 5.41) is 1.32. The molecule has 6 nitrogen and oxygen atoms in total. The lowest BCUT2D eigenvalue weighted by Crippen LogP contribution is -2.31. The summed E-state index contributed by atoms with van der Waals surface area (Å²) in [5.41, 5.74) is 1.03. The minimum atomic E-state index is -4.07. The number of aryl methyl sites for hydroxylation is 1. The molecule has 0 amide bonds. The summed E-state index contributed by atoms with van der Waals surface area (Å²) in [7, 11) is -0.255. The van der Waals surface area contributed by atoms with Crippen molar-refractivity contribution in [2.24, 2.45) is 0 Å². The molecule has 2 heterocycles. The number of hydrogen-bond acceptors (Lipinski definition) is 5. The lowest BCUT2D eigenvalue weighted by atomic mass is 10.2. The fraction of sp³-hybridized carbons (Fsp3) is 0.250. The number of aromatic nitrogens is 2. The number of rotatable bonds is 5. The van der Waals surface area contributed by atoms with Crippen LogP contribution < -0.4 is 5.69 Å². The molecule has 4 aromatic rings. The first-order chi connectivity index (χ1) is 13.7. The number of benzene rings is 2. The fourth-order valence-corrected chi connectivity index (χ4v) is 6.82. The highest BCUT2D eigenvalue weighted by molar-refractivity contribution is 7.92.